The molecule has 6 heteroatoms. The van der Waals surface area contributed by atoms with Gasteiger partial charge in [0.25, 0.3) is 5.91 Å². The van der Waals surface area contributed by atoms with Gasteiger partial charge in [-0.3, -0.25) is 4.79 Å². The summed E-state index contributed by atoms with van der Waals surface area (Å²) in [4.78, 5) is 11.8. The van der Waals surface area contributed by atoms with E-state index in [2.05, 4.69) is 10.6 Å². The zero-order valence-corrected chi connectivity index (χ0v) is 12.7. The van der Waals surface area contributed by atoms with Gasteiger partial charge in [0.1, 0.15) is 11.6 Å². The highest BCUT2D eigenvalue weighted by atomic mass is 35.5. The van der Waals surface area contributed by atoms with Crippen molar-refractivity contribution in [1.82, 2.24) is 5.32 Å². The lowest BCUT2D eigenvalue weighted by Crippen LogP contribution is -2.28. The molecule has 0 aliphatic heterocycles. The maximum atomic E-state index is 11.8. The lowest BCUT2D eigenvalue weighted by molar-refractivity contribution is -0.117. The Balaban J connectivity index is 2.78. The van der Waals surface area contributed by atoms with Crippen LogP contribution < -0.4 is 10.6 Å². The third-order valence-electron chi connectivity index (χ3n) is 2.36. The average Bonchev–Trinajstić information content (AvgIpc) is 2.41. The Morgan fingerprint density at radius 2 is 2.15 bits per heavy atom. The van der Waals surface area contributed by atoms with Gasteiger partial charge in [0.05, 0.1) is 15.7 Å². The Bertz CT molecular complexity index is 562. The molecule has 1 rings (SSSR count). The molecule has 0 aliphatic carbocycles. The molecule has 0 saturated carbocycles. The van der Waals surface area contributed by atoms with Gasteiger partial charge in [-0.2, -0.15) is 5.26 Å². The molecule has 0 bridgehead atoms. The van der Waals surface area contributed by atoms with Crippen molar-refractivity contribution in [3.63, 3.8) is 0 Å². The highest BCUT2D eigenvalue weighted by Crippen LogP contribution is 2.29. The van der Waals surface area contributed by atoms with Crippen LogP contribution in [0, 0.1) is 17.2 Å². The van der Waals surface area contributed by atoms with Gasteiger partial charge in [-0.15, -0.1) is 0 Å². The third kappa shape index (κ3) is 4.76. The molecular weight excluding hydrogens is 297 g/mol. The molecule has 0 aromatic heterocycles. The largest absolute Gasteiger partial charge is 0.359 e. The number of nitrogens with one attached hydrogen (secondary N) is 2. The van der Waals surface area contributed by atoms with E-state index >= 15 is 0 Å². The monoisotopic (exact) mass is 311 g/mol. The summed E-state index contributed by atoms with van der Waals surface area (Å²) in [6, 6.07) is 6.91. The molecule has 0 radical (unpaired) electrons. The quantitative estimate of drug-likeness (QED) is 0.645. The summed E-state index contributed by atoms with van der Waals surface area (Å²) < 4.78 is 0. The first-order valence-electron chi connectivity index (χ1n) is 6.04. The average molecular weight is 312 g/mol. The molecule has 0 saturated heterocycles. The molecule has 1 aromatic rings. The van der Waals surface area contributed by atoms with Crippen LogP contribution in [-0.2, 0) is 4.79 Å². The number of benzene rings is 1. The summed E-state index contributed by atoms with van der Waals surface area (Å²) in [6.07, 6.45) is 1.31. The minimum atomic E-state index is -0.424. The van der Waals surface area contributed by atoms with Crippen molar-refractivity contribution in [3.8, 4) is 6.07 Å². The van der Waals surface area contributed by atoms with Gasteiger partial charge in [0, 0.05) is 12.7 Å². The van der Waals surface area contributed by atoms with Crippen LogP contribution in [0.1, 0.15) is 13.8 Å². The minimum Gasteiger partial charge on any atom is -0.359 e. The maximum absolute atomic E-state index is 11.8. The van der Waals surface area contributed by atoms with E-state index in [4.69, 9.17) is 28.5 Å². The molecule has 0 fully saturated rings. The number of rotatable bonds is 5. The molecule has 0 atom stereocenters. The lowest BCUT2D eigenvalue weighted by atomic mass is 10.2. The predicted molar refractivity (Wildman–Crippen MR) is 81.6 cm³/mol. The first kappa shape index (κ1) is 16.4. The van der Waals surface area contributed by atoms with Crippen molar-refractivity contribution in [2.45, 2.75) is 13.8 Å². The molecule has 106 valence electrons. The van der Waals surface area contributed by atoms with Crippen LogP contribution >= 0.6 is 23.2 Å². The van der Waals surface area contributed by atoms with E-state index < -0.39 is 5.91 Å². The molecule has 4 nitrogen and oxygen atoms in total. The fraction of sp³-hybridized carbons (Fsp3) is 0.286. The number of carbonyl (C=O) groups excluding carboxylic acids is 1. The van der Waals surface area contributed by atoms with Crippen molar-refractivity contribution in [2.75, 3.05) is 11.9 Å². The number of carbonyl (C=O) groups is 1. The minimum absolute atomic E-state index is 0.0262. The molecular formula is C14H15Cl2N3O. The number of halogens is 2. The summed E-state index contributed by atoms with van der Waals surface area (Å²) in [7, 11) is 0. The summed E-state index contributed by atoms with van der Waals surface area (Å²) in [5.41, 5.74) is 0.505. The van der Waals surface area contributed by atoms with Crippen molar-refractivity contribution in [3.05, 3.63) is 40.0 Å². The van der Waals surface area contributed by atoms with Crippen LogP contribution in [0.4, 0.5) is 5.69 Å². The molecule has 0 spiro atoms. The predicted octanol–water partition coefficient (Wildman–Crippen LogP) is 3.58. The van der Waals surface area contributed by atoms with Crippen molar-refractivity contribution in [2.24, 2.45) is 5.92 Å². The summed E-state index contributed by atoms with van der Waals surface area (Å²) in [5, 5.41) is 15.2. The zero-order valence-electron chi connectivity index (χ0n) is 11.2. The molecule has 20 heavy (non-hydrogen) atoms. The smallest absolute Gasteiger partial charge is 0.263 e. The van der Waals surface area contributed by atoms with Gasteiger partial charge < -0.3 is 10.6 Å². The second-order valence-corrected chi connectivity index (χ2v) is 5.30. The number of anilines is 1. The van der Waals surface area contributed by atoms with E-state index in [0.717, 1.165) is 0 Å². The van der Waals surface area contributed by atoms with Gasteiger partial charge in [0.15, 0.2) is 0 Å². The van der Waals surface area contributed by atoms with Crippen LogP contribution in [-0.4, -0.2) is 12.5 Å². The van der Waals surface area contributed by atoms with Crippen molar-refractivity contribution >= 4 is 34.8 Å². The van der Waals surface area contributed by atoms with E-state index in [0.29, 0.717) is 28.2 Å². The van der Waals surface area contributed by atoms with Crippen molar-refractivity contribution in [1.29, 1.82) is 5.26 Å². The van der Waals surface area contributed by atoms with E-state index in [1.807, 2.05) is 19.9 Å². The van der Waals surface area contributed by atoms with Gasteiger partial charge in [-0.05, 0) is 18.1 Å². The second-order valence-electron chi connectivity index (χ2n) is 4.52. The Hall–Kier alpha value is -1.70. The molecule has 2 N–H and O–H groups in total. The van der Waals surface area contributed by atoms with Gasteiger partial charge in [0.2, 0.25) is 0 Å². The number of hydrogen-bond donors (Lipinski definition) is 2. The number of amides is 1. The summed E-state index contributed by atoms with van der Waals surface area (Å²) in [5.74, 6) is -0.110. The molecule has 0 heterocycles. The highest BCUT2D eigenvalue weighted by Gasteiger charge is 2.09. The Morgan fingerprint density at radius 3 is 2.75 bits per heavy atom. The first-order valence-corrected chi connectivity index (χ1v) is 6.80. The maximum Gasteiger partial charge on any atom is 0.263 e. The molecule has 0 aliphatic rings. The van der Waals surface area contributed by atoms with E-state index in [9.17, 15) is 4.79 Å². The SMILES string of the molecule is CC(C)CNC(=O)/C(C#N)=C\Nc1cccc(Cl)c1Cl. The topological polar surface area (TPSA) is 64.9 Å². The van der Waals surface area contributed by atoms with E-state index in [1.165, 1.54) is 6.20 Å². The van der Waals surface area contributed by atoms with Crippen LogP contribution in [0.25, 0.3) is 0 Å². The van der Waals surface area contributed by atoms with Crippen LogP contribution in [0.2, 0.25) is 10.0 Å². The van der Waals surface area contributed by atoms with Crippen LogP contribution in [0.5, 0.6) is 0 Å². The Morgan fingerprint density at radius 1 is 1.45 bits per heavy atom. The number of nitriles is 1. The first-order chi connectivity index (χ1) is 9.45. The standard InChI is InChI=1S/C14H15Cl2N3O/c1-9(2)7-19-14(20)10(6-17)8-18-12-5-3-4-11(15)13(12)16/h3-5,8-9,18H,7H2,1-2H3,(H,19,20)/b10-8-. The normalized spacial score (nSPS) is 11.1. The zero-order chi connectivity index (χ0) is 15.1. The fourth-order valence-corrected chi connectivity index (χ4v) is 1.66. The van der Waals surface area contributed by atoms with Gasteiger partial charge >= 0.3 is 0 Å². The van der Waals surface area contributed by atoms with Crippen molar-refractivity contribution < 1.29 is 4.79 Å². The number of nitrogens with zero attached hydrogens (tertiary/aromatic N) is 1. The highest BCUT2D eigenvalue weighted by molar-refractivity contribution is 6.43. The lowest BCUT2D eigenvalue weighted by Gasteiger charge is -2.08. The van der Waals surface area contributed by atoms with E-state index in [-0.39, 0.29) is 5.57 Å². The second kappa shape index (κ2) is 7.78. The molecule has 1 amide bonds. The Kier molecular flexibility index (Phi) is 6.37. The Labute approximate surface area is 128 Å². The van der Waals surface area contributed by atoms with Crippen LogP contribution in [0.15, 0.2) is 30.0 Å². The molecule has 0 unspecified atom stereocenters. The fourth-order valence-electron chi connectivity index (χ4n) is 1.31. The van der Waals surface area contributed by atoms with Gasteiger partial charge in [-0.1, -0.05) is 43.1 Å². The summed E-state index contributed by atoms with van der Waals surface area (Å²) >= 11 is 11.9. The number of hydrogen-bond acceptors (Lipinski definition) is 3. The van der Waals surface area contributed by atoms with Gasteiger partial charge in [-0.25, -0.2) is 0 Å². The van der Waals surface area contributed by atoms with Crippen LogP contribution in [0.3, 0.4) is 0 Å². The molecule has 1 aromatic carbocycles. The van der Waals surface area contributed by atoms with E-state index in [1.54, 1.807) is 18.2 Å². The third-order valence-corrected chi connectivity index (χ3v) is 3.18. The summed E-state index contributed by atoms with van der Waals surface area (Å²) in [6.45, 7) is 4.45.